The van der Waals surface area contributed by atoms with Gasteiger partial charge in [0.25, 0.3) is 5.91 Å². The number of halogens is 2. The van der Waals surface area contributed by atoms with Crippen LogP contribution in [0.4, 0.5) is 13.9 Å². The smallest absolute Gasteiger partial charge is 0.387 e. The fourth-order valence-corrected chi connectivity index (χ4v) is 3.27. The highest BCUT2D eigenvalue weighted by Gasteiger charge is 2.22. The maximum atomic E-state index is 12.4. The van der Waals surface area contributed by atoms with Gasteiger partial charge >= 0.3 is 12.6 Å². The van der Waals surface area contributed by atoms with Crippen molar-refractivity contribution >= 4 is 28.3 Å². The maximum Gasteiger partial charge on any atom is 0.387 e. The molecule has 162 valence electrons. The quantitative estimate of drug-likeness (QED) is 0.507. The predicted octanol–water partition coefficient (Wildman–Crippen LogP) is 4.60. The van der Waals surface area contributed by atoms with Crippen LogP contribution in [-0.2, 0) is 9.53 Å². The average Bonchev–Trinajstić information content (AvgIpc) is 3.22. The van der Waals surface area contributed by atoms with E-state index in [-0.39, 0.29) is 17.1 Å². The molecule has 0 bridgehead atoms. The SMILES string of the molecule is COc1cc(C(=O)OC(C)C(=O)Nc2nc(-c3ccccc3)cs2)ccc1OC(F)F. The van der Waals surface area contributed by atoms with E-state index in [9.17, 15) is 18.4 Å². The summed E-state index contributed by atoms with van der Waals surface area (Å²) in [5, 5.41) is 4.77. The molecule has 0 fully saturated rings. The van der Waals surface area contributed by atoms with Crippen LogP contribution in [0.2, 0.25) is 0 Å². The summed E-state index contributed by atoms with van der Waals surface area (Å²) in [5.41, 5.74) is 1.63. The summed E-state index contributed by atoms with van der Waals surface area (Å²) in [6, 6.07) is 13.0. The maximum absolute atomic E-state index is 12.4. The van der Waals surface area contributed by atoms with Crippen LogP contribution in [0.25, 0.3) is 11.3 Å². The molecule has 1 amide bonds. The van der Waals surface area contributed by atoms with E-state index in [0.29, 0.717) is 10.8 Å². The summed E-state index contributed by atoms with van der Waals surface area (Å²) in [6.07, 6.45) is -1.13. The van der Waals surface area contributed by atoms with Crippen molar-refractivity contribution in [3.63, 3.8) is 0 Å². The second-order valence-electron chi connectivity index (χ2n) is 6.18. The Morgan fingerprint density at radius 3 is 2.52 bits per heavy atom. The van der Waals surface area contributed by atoms with Gasteiger partial charge in [0, 0.05) is 10.9 Å². The lowest BCUT2D eigenvalue weighted by Gasteiger charge is -2.14. The number of rotatable bonds is 8. The molecule has 0 aliphatic carbocycles. The number of ether oxygens (including phenoxy) is 3. The summed E-state index contributed by atoms with van der Waals surface area (Å²) in [7, 11) is 1.25. The summed E-state index contributed by atoms with van der Waals surface area (Å²) < 4.78 is 39.3. The lowest BCUT2D eigenvalue weighted by molar-refractivity contribution is -0.123. The third-order valence-corrected chi connectivity index (χ3v) is 4.83. The van der Waals surface area contributed by atoms with Crippen LogP contribution < -0.4 is 14.8 Å². The highest BCUT2D eigenvalue weighted by molar-refractivity contribution is 7.14. The fourth-order valence-electron chi connectivity index (χ4n) is 2.55. The molecule has 10 heteroatoms. The molecule has 0 aliphatic heterocycles. The van der Waals surface area contributed by atoms with Crippen molar-refractivity contribution in [1.82, 2.24) is 4.98 Å². The molecule has 2 aromatic carbocycles. The number of hydrogen-bond acceptors (Lipinski definition) is 7. The van der Waals surface area contributed by atoms with Gasteiger partial charge in [-0.3, -0.25) is 10.1 Å². The first-order chi connectivity index (χ1) is 14.9. The number of esters is 1. The van der Waals surface area contributed by atoms with Crippen LogP contribution in [-0.4, -0.2) is 36.7 Å². The molecule has 0 radical (unpaired) electrons. The first kappa shape index (κ1) is 22.2. The van der Waals surface area contributed by atoms with Crippen LogP contribution >= 0.6 is 11.3 Å². The lowest BCUT2D eigenvalue weighted by atomic mass is 10.2. The Balaban J connectivity index is 1.62. The van der Waals surface area contributed by atoms with Gasteiger partial charge in [0.05, 0.1) is 18.4 Å². The molecule has 3 aromatic rings. The second-order valence-corrected chi connectivity index (χ2v) is 7.04. The number of aromatic nitrogens is 1. The zero-order chi connectivity index (χ0) is 22.4. The monoisotopic (exact) mass is 448 g/mol. The highest BCUT2D eigenvalue weighted by Crippen LogP contribution is 2.30. The summed E-state index contributed by atoms with van der Waals surface area (Å²) in [4.78, 5) is 29.1. The number of nitrogens with zero attached hydrogens (tertiary/aromatic N) is 1. The Morgan fingerprint density at radius 2 is 1.84 bits per heavy atom. The van der Waals surface area contributed by atoms with Crippen LogP contribution in [0.15, 0.2) is 53.9 Å². The Bertz CT molecular complexity index is 1060. The highest BCUT2D eigenvalue weighted by atomic mass is 32.1. The van der Waals surface area contributed by atoms with E-state index < -0.39 is 24.6 Å². The number of amides is 1. The van der Waals surface area contributed by atoms with Gasteiger partial charge in [-0.15, -0.1) is 11.3 Å². The Kier molecular flexibility index (Phi) is 7.14. The van der Waals surface area contributed by atoms with Crippen LogP contribution in [0.5, 0.6) is 11.5 Å². The molecule has 0 saturated heterocycles. The van der Waals surface area contributed by atoms with E-state index in [0.717, 1.165) is 11.6 Å². The first-order valence-electron chi connectivity index (χ1n) is 9.03. The molecule has 0 saturated carbocycles. The minimum atomic E-state index is -3.04. The molecule has 7 nitrogen and oxygen atoms in total. The van der Waals surface area contributed by atoms with Crippen LogP contribution in [0.3, 0.4) is 0 Å². The number of thiazole rings is 1. The number of nitrogens with one attached hydrogen (secondary N) is 1. The zero-order valence-electron chi connectivity index (χ0n) is 16.5. The van der Waals surface area contributed by atoms with E-state index in [1.165, 1.54) is 37.5 Å². The van der Waals surface area contributed by atoms with Gasteiger partial charge in [0.1, 0.15) is 0 Å². The zero-order valence-corrected chi connectivity index (χ0v) is 17.3. The van der Waals surface area contributed by atoms with Crippen molar-refractivity contribution in [2.45, 2.75) is 19.6 Å². The fraction of sp³-hybridized carbons (Fsp3) is 0.190. The molecule has 1 atom stereocenters. The van der Waals surface area contributed by atoms with E-state index in [1.807, 2.05) is 30.3 Å². The summed E-state index contributed by atoms with van der Waals surface area (Å²) in [6.45, 7) is -1.63. The van der Waals surface area contributed by atoms with Gasteiger partial charge in [-0.25, -0.2) is 9.78 Å². The molecular weight excluding hydrogens is 430 g/mol. The third-order valence-electron chi connectivity index (χ3n) is 4.07. The normalized spacial score (nSPS) is 11.6. The Hall–Kier alpha value is -3.53. The number of methoxy groups -OCH3 is 1. The number of benzene rings is 2. The topological polar surface area (TPSA) is 86.8 Å². The van der Waals surface area contributed by atoms with E-state index in [4.69, 9.17) is 9.47 Å². The van der Waals surface area contributed by atoms with Gasteiger partial charge in [-0.05, 0) is 25.1 Å². The molecule has 0 aliphatic rings. The molecular formula is C21H18F2N2O5S. The number of carbonyl (C=O) groups is 2. The van der Waals surface area contributed by atoms with Crippen molar-refractivity contribution in [1.29, 1.82) is 0 Å². The van der Waals surface area contributed by atoms with Crippen LogP contribution in [0.1, 0.15) is 17.3 Å². The number of hydrogen-bond donors (Lipinski definition) is 1. The van der Waals surface area contributed by atoms with Crippen molar-refractivity contribution in [3.05, 3.63) is 59.5 Å². The summed E-state index contributed by atoms with van der Waals surface area (Å²) >= 11 is 1.24. The minimum absolute atomic E-state index is 0.0127. The Labute approximate surface area is 180 Å². The minimum Gasteiger partial charge on any atom is -0.493 e. The second kappa shape index (κ2) is 9.98. The predicted molar refractivity (Wildman–Crippen MR) is 111 cm³/mol. The van der Waals surface area contributed by atoms with Gasteiger partial charge in [-0.2, -0.15) is 8.78 Å². The number of carbonyl (C=O) groups excluding carboxylic acids is 2. The molecule has 31 heavy (non-hydrogen) atoms. The van der Waals surface area contributed by atoms with E-state index in [2.05, 4.69) is 15.0 Å². The summed E-state index contributed by atoms with van der Waals surface area (Å²) in [5.74, 6) is -1.68. The van der Waals surface area contributed by atoms with E-state index in [1.54, 1.807) is 5.38 Å². The van der Waals surface area contributed by atoms with Gasteiger partial charge in [-0.1, -0.05) is 30.3 Å². The molecule has 1 unspecified atom stereocenters. The van der Waals surface area contributed by atoms with Crippen molar-refractivity contribution < 1.29 is 32.6 Å². The third kappa shape index (κ3) is 5.76. The van der Waals surface area contributed by atoms with Crippen molar-refractivity contribution in [2.24, 2.45) is 0 Å². The number of anilines is 1. The van der Waals surface area contributed by atoms with Gasteiger partial charge < -0.3 is 14.2 Å². The average molecular weight is 448 g/mol. The molecule has 1 aromatic heterocycles. The molecule has 1 N–H and O–H groups in total. The molecule has 1 heterocycles. The van der Waals surface area contributed by atoms with Crippen LogP contribution in [0, 0.1) is 0 Å². The lowest BCUT2D eigenvalue weighted by Crippen LogP contribution is -2.30. The van der Waals surface area contributed by atoms with Crippen molar-refractivity contribution in [3.8, 4) is 22.8 Å². The first-order valence-corrected chi connectivity index (χ1v) is 9.91. The van der Waals surface area contributed by atoms with E-state index >= 15 is 0 Å². The van der Waals surface area contributed by atoms with Gasteiger partial charge in [0.2, 0.25) is 0 Å². The largest absolute Gasteiger partial charge is 0.493 e. The molecule has 3 rings (SSSR count). The number of alkyl halides is 2. The standard InChI is InChI=1S/C21H18F2N2O5S/c1-12(18(26)25-21-24-15(11-31-21)13-6-4-3-5-7-13)29-19(27)14-8-9-16(30-20(22)23)17(10-14)28-2/h3-12,20H,1-2H3,(H,24,25,26). The van der Waals surface area contributed by atoms with Gasteiger partial charge in [0.15, 0.2) is 22.7 Å². The molecule has 0 spiro atoms. The van der Waals surface area contributed by atoms with Crippen molar-refractivity contribution in [2.75, 3.05) is 12.4 Å². The Morgan fingerprint density at radius 1 is 1.10 bits per heavy atom.